The number of rotatable bonds is 5. The lowest BCUT2D eigenvalue weighted by Crippen LogP contribution is -2.15. The predicted octanol–water partition coefficient (Wildman–Crippen LogP) is -0.0532. The fourth-order valence-corrected chi connectivity index (χ4v) is 0.557. The second kappa shape index (κ2) is 5.88. The summed E-state index contributed by atoms with van der Waals surface area (Å²) in [6, 6.07) is 0. The molecule has 0 aromatic carbocycles. The lowest BCUT2D eigenvalue weighted by atomic mass is 10.2. The van der Waals surface area contributed by atoms with Gasteiger partial charge < -0.3 is 10.2 Å². The van der Waals surface area contributed by atoms with Gasteiger partial charge in [0.05, 0.1) is 6.73 Å². The number of aliphatic hydroxyl groups excluding tert-OH is 1. The molecule has 0 spiro atoms. The minimum absolute atomic E-state index is 0.0695. The number of aliphatic carboxylic acids is 1. The summed E-state index contributed by atoms with van der Waals surface area (Å²) in [6.45, 7) is 2.07. The average molecular weight is 159 g/mol. The van der Waals surface area contributed by atoms with E-state index in [-0.39, 0.29) is 6.73 Å². The minimum atomic E-state index is -0.894. The van der Waals surface area contributed by atoms with Gasteiger partial charge in [-0.15, -0.1) is 0 Å². The van der Waals surface area contributed by atoms with Crippen molar-refractivity contribution < 1.29 is 15.0 Å². The van der Waals surface area contributed by atoms with E-state index in [1.54, 1.807) is 13.0 Å². The number of carboxylic acids is 1. The van der Waals surface area contributed by atoms with Gasteiger partial charge in [0.15, 0.2) is 0 Å². The highest BCUT2D eigenvalue weighted by atomic mass is 16.4. The molecule has 0 amide bonds. The number of carboxylic acid groups (broad SMARTS) is 1. The van der Waals surface area contributed by atoms with E-state index in [0.29, 0.717) is 18.5 Å². The van der Waals surface area contributed by atoms with Gasteiger partial charge in [0.1, 0.15) is 0 Å². The predicted molar refractivity (Wildman–Crippen MR) is 41.1 cm³/mol. The van der Waals surface area contributed by atoms with E-state index in [1.165, 1.54) is 0 Å². The van der Waals surface area contributed by atoms with Gasteiger partial charge in [-0.3, -0.25) is 5.32 Å². The molecule has 0 atom stereocenters. The van der Waals surface area contributed by atoms with E-state index in [1.807, 2.05) is 0 Å². The molecule has 0 aromatic rings. The lowest BCUT2D eigenvalue weighted by molar-refractivity contribution is -0.132. The van der Waals surface area contributed by atoms with Gasteiger partial charge in [0.25, 0.3) is 0 Å². The van der Waals surface area contributed by atoms with E-state index in [4.69, 9.17) is 10.2 Å². The van der Waals surface area contributed by atoms with Crippen LogP contribution in [0.25, 0.3) is 0 Å². The van der Waals surface area contributed by atoms with Crippen LogP contribution in [0.1, 0.15) is 13.3 Å². The maximum atomic E-state index is 10.2. The van der Waals surface area contributed by atoms with Gasteiger partial charge in [-0.2, -0.15) is 0 Å². The van der Waals surface area contributed by atoms with Crippen molar-refractivity contribution in [3.63, 3.8) is 0 Å². The first kappa shape index (κ1) is 10.1. The van der Waals surface area contributed by atoms with Crippen LogP contribution in [-0.2, 0) is 4.79 Å². The van der Waals surface area contributed by atoms with Crippen molar-refractivity contribution in [3.8, 4) is 0 Å². The molecule has 0 saturated heterocycles. The van der Waals surface area contributed by atoms with Gasteiger partial charge in [-0.05, 0) is 13.3 Å². The second-order valence-corrected chi connectivity index (χ2v) is 2.14. The summed E-state index contributed by atoms with van der Waals surface area (Å²) in [5, 5.41) is 19.4. The highest BCUT2D eigenvalue weighted by Crippen LogP contribution is 1.93. The topological polar surface area (TPSA) is 69.6 Å². The molecular weight excluding hydrogens is 146 g/mol. The first-order valence-electron chi connectivity index (χ1n) is 3.40. The van der Waals surface area contributed by atoms with E-state index in [2.05, 4.69) is 5.32 Å². The summed E-state index contributed by atoms with van der Waals surface area (Å²) >= 11 is 0. The average Bonchev–Trinajstić information content (AvgIpc) is 1.97. The van der Waals surface area contributed by atoms with Crippen molar-refractivity contribution in [3.05, 3.63) is 11.6 Å². The Morgan fingerprint density at radius 1 is 1.64 bits per heavy atom. The normalized spacial score (nSPS) is 11.6. The van der Waals surface area contributed by atoms with Crippen LogP contribution in [0, 0.1) is 0 Å². The third-order valence-corrected chi connectivity index (χ3v) is 1.22. The van der Waals surface area contributed by atoms with Crippen LogP contribution < -0.4 is 5.32 Å². The molecule has 0 aromatic heterocycles. The largest absolute Gasteiger partial charge is 0.478 e. The molecule has 0 aliphatic carbocycles. The third kappa shape index (κ3) is 5.57. The smallest absolute Gasteiger partial charge is 0.330 e. The number of aliphatic hydroxyl groups is 1. The Kier molecular flexibility index (Phi) is 5.42. The van der Waals surface area contributed by atoms with Gasteiger partial charge in [-0.1, -0.05) is 6.08 Å². The zero-order chi connectivity index (χ0) is 8.69. The molecule has 4 nitrogen and oxygen atoms in total. The highest BCUT2D eigenvalue weighted by molar-refractivity contribution is 5.85. The molecule has 0 saturated carbocycles. The number of carbonyl (C=O) groups is 1. The summed E-state index contributed by atoms with van der Waals surface area (Å²) in [4.78, 5) is 10.2. The molecule has 0 unspecified atom stereocenters. The first-order chi connectivity index (χ1) is 5.18. The Bertz CT molecular complexity index is 154. The van der Waals surface area contributed by atoms with Crippen LogP contribution in [0.3, 0.4) is 0 Å². The number of nitrogens with one attached hydrogen (secondary N) is 1. The lowest BCUT2D eigenvalue weighted by Gasteiger charge is -1.96. The molecule has 3 N–H and O–H groups in total. The molecule has 0 heterocycles. The zero-order valence-corrected chi connectivity index (χ0v) is 6.50. The van der Waals surface area contributed by atoms with Crippen molar-refractivity contribution in [2.45, 2.75) is 13.3 Å². The van der Waals surface area contributed by atoms with Crippen molar-refractivity contribution in [1.82, 2.24) is 5.32 Å². The summed E-state index contributed by atoms with van der Waals surface area (Å²) in [5.41, 5.74) is 0.338. The van der Waals surface area contributed by atoms with Gasteiger partial charge >= 0.3 is 5.97 Å². The van der Waals surface area contributed by atoms with Crippen molar-refractivity contribution in [1.29, 1.82) is 0 Å². The maximum absolute atomic E-state index is 10.2. The summed E-state index contributed by atoms with van der Waals surface area (Å²) in [5.74, 6) is -0.894. The molecule has 0 rings (SSSR count). The van der Waals surface area contributed by atoms with E-state index in [0.717, 1.165) is 0 Å². The molecule has 0 fully saturated rings. The molecule has 0 aliphatic heterocycles. The van der Waals surface area contributed by atoms with Crippen LogP contribution in [0.15, 0.2) is 11.6 Å². The van der Waals surface area contributed by atoms with Crippen molar-refractivity contribution >= 4 is 5.97 Å². The van der Waals surface area contributed by atoms with E-state index < -0.39 is 5.97 Å². The zero-order valence-electron chi connectivity index (χ0n) is 6.50. The molecular formula is C7H13NO3. The summed E-state index contributed by atoms with van der Waals surface area (Å²) < 4.78 is 0. The van der Waals surface area contributed by atoms with Gasteiger partial charge in [-0.25, -0.2) is 4.79 Å². The fourth-order valence-electron chi connectivity index (χ4n) is 0.557. The molecule has 64 valence electrons. The third-order valence-electron chi connectivity index (χ3n) is 1.22. The van der Waals surface area contributed by atoms with Crippen molar-refractivity contribution in [2.75, 3.05) is 13.3 Å². The Morgan fingerprint density at radius 3 is 2.73 bits per heavy atom. The highest BCUT2D eigenvalue weighted by Gasteiger charge is 1.96. The second-order valence-electron chi connectivity index (χ2n) is 2.14. The van der Waals surface area contributed by atoms with Crippen LogP contribution in [0.5, 0.6) is 0 Å². The van der Waals surface area contributed by atoms with Gasteiger partial charge in [0.2, 0.25) is 0 Å². The molecule has 0 radical (unpaired) electrons. The first-order valence-corrected chi connectivity index (χ1v) is 3.40. The van der Waals surface area contributed by atoms with Crippen LogP contribution in [0.4, 0.5) is 0 Å². The van der Waals surface area contributed by atoms with Crippen molar-refractivity contribution in [2.24, 2.45) is 0 Å². The SMILES string of the molecule is CC(=CCCNCO)C(=O)O. The van der Waals surface area contributed by atoms with E-state index >= 15 is 0 Å². The summed E-state index contributed by atoms with van der Waals surface area (Å²) in [6.07, 6.45) is 2.24. The Balaban J connectivity index is 3.48. The van der Waals surface area contributed by atoms with E-state index in [9.17, 15) is 4.79 Å². The standard InChI is InChI=1S/C7H13NO3/c1-6(7(10)11)3-2-4-8-5-9/h3,8-9H,2,4-5H2,1H3,(H,10,11). The number of hydrogen-bond donors (Lipinski definition) is 3. The molecule has 4 heteroatoms. The fraction of sp³-hybridized carbons (Fsp3) is 0.571. The van der Waals surface area contributed by atoms with Crippen LogP contribution >= 0.6 is 0 Å². The Labute approximate surface area is 65.5 Å². The Hall–Kier alpha value is -0.870. The van der Waals surface area contributed by atoms with Crippen LogP contribution in [0.2, 0.25) is 0 Å². The number of hydrogen-bond acceptors (Lipinski definition) is 3. The molecule has 11 heavy (non-hydrogen) atoms. The Morgan fingerprint density at radius 2 is 2.27 bits per heavy atom. The van der Waals surface area contributed by atoms with Gasteiger partial charge in [0, 0.05) is 12.1 Å². The summed E-state index contributed by atoms with van der Waals surface area (Å²) in [7, 11) is 0. The molecule has 0 bridgehead atoms. The monoisotopic (exact) mass is 159 g/mol. The minimum Gasteiger partial charge on any atom is -0.478 e. The van der Waals surface area contributed by atoms with Crippen LogP contribution in [-0.4, -0.2) is 29.5 Å². The molecule has 0 aliphatic rings. The quantitative estimate of drug-likeness (QED) is 0.299. The maximum Gasteiger partial charge on any atom is 0.330 e.